The van der Waals surface area contributed by atoms with E-state index in [1.165, 1.54) is 51.4 Å². The summed E-state index contributed by atoms with van der Waals surface area (Å²) in [6.07, 6.45) is 86.8. The van der Waals surface area contributed by atoms with Crippen LogP contribution in [-0.4, -0.2) is 96.7 Å². The van der Waals surface area contributed by atoms with Crippen LogP contribution in [-0.2, 0) is 65.4 Å². The van der Waals surface area contributed by atoms with Crippen molar-refractivity contribution in [1.82, 2.24) is 0 Å². The fourth-order valence-corrected chi connectivity index (χ4v) is 11.8. The first-order valence-corrected chi connectivity index (χ1v) is 43.1. The molecule has 0 radical (unpaired) electrons. The lowest BCUT2D eigenvalue weighted by Gasteiger charge is -2.21. The van der Waals surface area contributed by atoms with Crippen LogP contribution < -0.4 is 0 Å². The number of hydrogen-bond acceptors (Lipinski definition) is 15. The molecular formula is C85H142O17P2. The first-order chi connectivity index (χ1) is 50.7. The molecule has 17 nitrogen and oxygen atoms in total. The van der Waals surface area contributed by atoms with Gasteiger partial charge in [0.1, 0.15) is 19.3 Å². The van der Waals surface area contributed by atoms with Crippen molar-refractivity contribution in [2.75, 3.05) is 39.6 Å². The molecule has 0 aromatic carbocycles. The fourth-order valence-electron chi connectivity index (χ4n) is 10.2. The molecule has 0 saturated carbocycles. The maximum absolute atomic E-state index is 13.1. The molecule has 0 rings (SSSR count). The number of rotatable bonds is 74. The smallest absolute Gasteiger partial charge is 0.462 e. The summed E-state index contributed by atoms with van der Waals surface area (Å²) in [6.45, 7) is 4.52. The van der Waals surface area contributed by atoms with Crippen LogP contribution in [0, 0.1) is 0 Å². The number of unbranched alkanes of at least 4 members (excludes halogenated alkanes) is 24. The third kappa shape index (κ3) is 75.2. The predicted molar refractivity (Wildman–Crippen MR) is 427 cm³/mol. The van der Waals surface area contributed by atoms with Crippen molar-refractivity contribution in [3.63, 3.8) is 0 Å². The summed E-state index contributed by atoms with van der Waals surface area (Å²) in [5.41, 5.74) is 0. The summed E-state index contributed by atoms with van der Waals surface area (Å²) in [5.74, 6) is -2.27. The van der Waals surface area contributed by atoms with Crippen LogP contribution in [0.25, 0.3) is 0 Å². The van der Waals surface area contributed by atoms with E-state index in [-0.39, 0.29) is 25.7 Å². The minimum Gasteiger partial charge on any atom is -0.462 e. The van der Waals surface area contributed by atoms with Crippen LogP contribution in [0.4, 0.5) is 0 Å². The molecule has 0 aliphatic rings. The topological polar surface area (TPSA) is 237 Å². The standard InChI is InChI=1S/C85H142O17P2/c1-5-9-13-17-21-25-29-33-35-37-39-41-43-47-50-54-58-62-66-70-83(88)96-76-81(102-85(90)72-68-64-60-56-52-48-44-42-40-38-36-34-30-26-22-18-14-10-6-2)78-100-104(93,94)98-74-79(86)73-97-103(91,92)99-77-80(101-84(89)71-67-63-59-55-51-46-32-28-24-20-16-12-8-4)75-95-82(87)69-65-61-57-53-49-45-31-27-23-19-15-11-7-3/h9-10,13-14,21-22,25-28,31-36,39-42,47-48,50,52,79-81,86H,5-8,11-12,15-20,23-24,29-30,37-38,43-46,49,51,53-78H2,1-4H3,(H,91,92)(H,93,94)/b13-9-,14-10-,25-21-,26-22-,31-27-,32-28-,35-33-,36-34-,41-39-,42-40-,50-47-,52-48-/t79-,80+,81+/m0/s1. The summed E-state index contributed by atoms with van der Waals surface area (Å²) < 4.78 is 68.5. The van der Waals surface area contributed by atoms with Crippen LogP contribution in [0.2, 0.25) is 0 Å². The zero-order valence-corrected chi connectivity index (χ0v) is 66.7. The molecule has 0 bridgehead atoms. The number of phosphoric ester groups is 2. The molecule has 594 valence electrons. The summed E-state index contributed by atoms with van der Waals surface area (Å²) >= 11 is 0. The number of carbonyl (C=O) groups is 4. The molecule has 0 saturated heterocycles. The van der Waals surface area contributed by atoms with Gasteiger partial charge in [0.25, 0.3) is 0 Å². The van der Waals surface area contributed by atoms with E-state index in [0.717, 1.165) is 180 Å². The maximum Gasteiger partial charge on any atom is 0.472 e. The van der Waals surface area contributed by atoms with Crippen molar-refractivity contribution in [1.29, 1.82) is 0 Å². The van der Waals surface area contributed by atoms with E-state index in [9.17, 15) is 43.2 Å². The van der Waals surface area contributed by atoms with Gasteiger partial charge in [-0.2, -0.15) is 0 Å². The van der Waals surface area contributed by atoms with Gasteiger partial charge >= 0.3 is 39.5 Å². The van der Waals surface area contributed by atoms with Gasteiger partial charge in [-0.05, 0) is 167 Å². The Morgan fingerprint density at radius 3 is 0.788 bits per heavy atom. The highest BCUT2D eigenvalue weighted by Gasteiger charge is 2.30. The van der Waals surface area contributed by atoms with Crippen LogP contribution in [0.3, 0.4) is 0 Å². The van der Waals surface area contributed by atoms with Gasteiger partial charge in [0.2, 0.25) is 0 Å². The lowest BCUT2D eigenvalue weighted by atomic mass is 10.1. The molecule has 19 heteroatoms. The quantitative estimate of drug-likeness (QED) is 0.0169. The van der Waals surface area contributed by atoms with Crippen molar-refractivity contribution < 1.29 is 80.2 Å². The van der Waals surface area contributed by atoms with Gasteiger partial charge in [0.05, 0.1) is 26.4 Å². The van der Waals surface area contributed by atoms with Crippen molar-refractivity contribution in [2.24, 2.45) is 0 Å². The molecule has 2 unspecified atom stereocenters. The number of aliphatic hydroxyl groups excluding tert-OH is 1. The first-order valence-electron chi connectivity index (χ1n) is 40.1. The summed E-state index contributed by atoms with van der Waals surface area (Å²) in [5, 5.41) is 10.6. The van der Waals surface area contributed by atoms with Crippen molar-refractivity contribution in [3.8, 4) is 0 Å². The number of esters is 4. The average Bonchev–Trinajstić information content (AvgIpc) is 0.906. The van der Waals surface area contributed by atoms with Crippen molar-refractivity contribution in [3.05, 3.63) is 146 Å². The Morgan fingerprint density at radius 2 is 0.500 bits per heavy atom. The summed E-state index contributed by atoms with van der Waals surface area (Å²) in [7, 11) is -9.99. The highest BCUT2D eigenvalue weighted by molar-refractivity contribution is 7.47. The van der Waals surface area contributed by atoms with Gasteiger partial charge in [0.15, 0.2) is 12.2 Å². The second-order valence-corrected chi connectivity index (χ2v) is 29.1. The molecule has 0 aliphatic heterocycles. The molecule has 3 N–H and O–H groups in total. The summed E-state index contributed by atoms with van der Waals surface area (Å²) in [6, 6.07) is 0. The lowest BCUT2D eigenvalue weighted by Crippen LogP contribution is -2.30. The normalized spacial score (nSPS) is 14.6. The highest BCUT2D eigenvalue weighted by Crippen LogP contribution is 2.45. The van der Waals surface area contributed by atoms with Gasteiger partial charge < -0.3 is 33.8 Å². The summed E-state index contributed by atoms with van der Waals surface area (Å²) in [4.78, 5) is 73.0. The zero-order chi connectivity index (χ0) is 76.0. The van der Waals surface area contributed by atoms with E-state index in [4.69, 9.17) is 37.0 Å². The predicted octanol–water partition coefficient (Wildman–Crippen LogP) is 23.4. The van der Waals surface area contributed by atoms with Gasteiger partial charge in [-0.15, -0.1) is 0 Å². The Labute approximate surface area is 630 Å². The number of ether oxygens (including phenoxy) is 4. The number of aliphatic hydroxyl groups is 1. The molecule has 0 aromatic rings. The van der Waals surface area contributed by atoms with E-state index in [1.807, 2.05) is 0 Å². The van der Waals surface area contributed by atoms with Crippen molar-refractivity contribution in [2.45, 2.75) is 329 Å². The molecule has 0 amide bonds. The third-order valence-electron chi connectivity index (χ3n) is 16.3. The van der Waals surface area contributed by atoms with E-state index in [2.05, 4.69) is 174 Å². The molecule has 0 fully saturated rings. The second kappa shape index (κ2) is 76.1. The molecule has 5 atom stereocenters. The highest BCUT2D eigenvalue weighted by atomic mass is 31.2. The number of carbonyl (C=O) groups excluding carboxylic acids is 4. The average molecular weight is 1500 g/mol. The lowest BCUT2D eigenvalue weighted by molar-refractivity contribution is -0.161. The largest absolute Gasteiger partial charge is 0.472 e. The molecule has 0 aliphatic carbocycles. The van der Waals surface area contributed by atoms with Gasteiger partial charge in [-0.3, -0.25) is 37.3 Å². The second-order valence-electron chi connectivity index (χ2n) is 26.2. The Bertz CT molecular complexity index is 2540. The molecule has 0 spiro atoms. The number of hydrogen-bond donors (Lipinski definition) is 3. The minimum absolute atomic E-state index is 0.0431. The van der Waals surface area contributed by atoms with Crippen molar-refractivity contribution >= 4 is 39.5 Å². The molecule has 104 heavy (non-hydrogen) atoms. The van der Waals surface area contributed by atoms with Gasteiger partial charge in [0, 0.05) is 25.7 Å². The number of allylic oxidation sites excluding steroid dienone is 24. The van der Waals surface area contributed by atoms with Crippen LogP contribution in [0.5, 0.6) is 0 Å². The van der Waals surface area contributed by atoms with E-state index < -0.39 is 97.5 Å². The molecule has 0 aromatic heterocycles. The van der Waals surface area contributed by atoms with E-state index in [0.29, 0.717) is 25.7 Å². The van der Waals surface area contributed by atoms with Gasteiger partial charge in [-0.25, -0.2) is 9.13 Å². The number of phosphoric acid groups is 2. The molecule has 0 heterocycles. The Balaban J connectivity index is 5.45. The van der Waals surface area contributed by atoms with E-state index >= 15 is 0 Å². The Kier molecular flexibility index (Phi) is 72.4. The van der Waals surface area contributed by atoms with Crippen LogP contribution in [0.15, 0.2) is 146 Å². The zero-order valence-electron chi connectivity index (χ0n) is 64.9. The Hall–Kier alpha value is -5.06. The monoisotopic (exact) mass is 1500 g/mol. The minimum atomic E-state index is -5.00. The van der Waals surface area contributed by atoms with Crippen LogP contribution in [0.1, 0.15) is 310 Å². The SMILES string of the molecule is CC/C=C\C/C=C\C/C=C\C/C=C\C/C=C\CCCCCC(=O)OC[C@H](COP(=O)(O)OC[C@@H](O)COP(=O)(O)OC[C@@H](COC(=O)CCCCCCC/C=C\CCCCCC)OC(=O)CCCCCCC/C=C\CCCCCC)OC(=O)CCCCC/C=C\C/C=C\C/C=C\C/C=C\C/C=C\CC. The third-order valence-corrected chi connectivity index (χ3v) is 18.2. The fraction of sp³-hybridized carbons (Fsp3) is 0.671. The Morgan fingerprint density at radius 1 is 0.279 bits per heavy atom. The molecular weight excluding hydrogens is 1350 g/mol. The maximum atomic E-state index is 13.1. The first kappa shape index (κ1) is 98.9. The van der Waals surface area contributed by atoms with E-state index in [1.54, 1.807) is 0 Å². The van der Waals surface area contributed by atoms with Crippen LogP contribution >= 0.6 is 15.6 Å². The van der Waals surface area contributed by atoms with Gasteiger partial charge in [-0.1, -0.05) is 263 Å².